The minimum absolute atomic E-state index is 0.0231. The van der Waals surface area contributed by atoms with Crippen molar-refractivity contribution in [2.24, 2.45) is 5.92 Å². The third-order valence-electron chi connectivity index (χ3n) is 4.74. The third kappa shape index (κ3) is 4.41. The first-order chi connectivity index (χ1) is 11.6. The van der Waals surface area contributed by atoms with Crippen LogP contribution in [-0.2, 0) is 9.53 Å². The molecule has 0 radical (unpaired) electrons. The molecular weight excluding hydrogens is 330 g/mol. The minimum Gasteiger partial charge on any atom is -0.490 e. The molecule has 1 amide bonds. The number of halogens is 1. The van der Waals surface area contributed by atoms with Crippen molar-refractivity contribution < 1.29 is 19.4 Å². The number of aliphatic hydroxyl groups is 1. The number of carbonyl (C=O) groups is 1. The summed E-state index contributed by atoms with van der Waals surface area (Å²) in [5.74, 6) is 0.790. The number of likely N-dealkylation sites (tertiary alicyclic amines) is 1. The van der Waals surface area contributed by atoms with Crippen LogP contribution < -0.4 is 4.74 Å². The van der Waals surface area contributed by atoms with Gasteiger partial charge in [0, 0.05) is 30.7 Å². The average Bonchev–Trinajstić information content (AvgIpc) is 2.60. The molecule has 0 saturated carbocycles. The van der Waals surface area contributed by atoms with Gasteiger partial charge in [-0.05, 0) is 43.9 Å². The van der Waals surface area contributed by atoms with Crippen molar-refractivity contribution in [3.63, 3.8) is 0 Å². The summed E-state index contributed by atoms with van der Waals surface area (Å²) in [6.07, 6.45) is 2.95. The fourth-order valence-electron chi connectivity index (χ4n) is 3.40. The number of amides is 1. The number of hydrogen-bond acceptors (Lipinski definition) is 4. The van der Waals surface area contributed by atoms with Crippen molar-refractivity contribution in [3.05, 3.63) is 29.3 Å². The van der Waals surface area contributed by atoms with Crippen molar-refractivity contribution in [1.29, 1.82) is 0 Å². The van der Waals surface area contributed by atoms with E-state index in [1.165, 1.54) is 0 Å². The first kappa shape index (κ1) is 17.5. The topological polar surface area (TPSA) is 59.0 Å². The van der Waals surface area contributed by atoms with Crippen molar-refractivity contribution in [1.82, 2.24) is 4.90 Å². The van der Waals surface area contributed by atoms with E-state index in [1.807, 2.05) is 12.1 Å². The Morgan fingerprint density at radius 1 is 1.42 bits per heavy atom. The van der Waals surface area contributed by atoms with Crippen LogP contribution in [0.3, 0.4) is 0 Å². The minimum atomic E-state index is -1.01. The average molecular weight is 354 g/mol. The maximum Gasteiger partial charge on any atom is 0.225 e. The monoisotopic (exact) mass is 353 g/mol. The van der Waals surface area contributed by atoms with Gasteiger partial charge in [0.05, 0.1) is 6.54 Å². The van der Waals surface area contributed by atoms with Crippen LogP contribution >= 0.6 is 11.6 Å². The Labute approximate surface area is 147 Å². The van der Waals surface area contributed by atoms with Gasteiger partial charge in [-0.15, -0.1) is 0 Å². The molecule has 5 nitrogen and oxygen atoms in total. The predicted octanol–water partition coefficient (Wildman–Crippen LogP) is 2.50. The number of hydrogen-bond donors (Lipinski definition) is 1. The van der Waals surface area contributed by atoms with Crippen LogP contribution in [-0.4, -0.2) is 54.4 Å². The molecule has 2 heterocycles. The maximum atomic E-state index is 12.7. The summed E-state index contributed by atoms with van der Waals surface area (Å²) < 4.78 is 11.0. The zero-order chi connectivity index (χ0) is 17.0. The Kier molecular flexibility index (Phi) is 5.64. The molecule has 1 N–H and O–H groups in total. The van der Waals surface area contributed by atoms with E-state index >= 15 is 0 Å². The highest BCUT2D eigenvalue weighted by molar-refractivity contribution is 6.30. The number of rotatable bonds is 4. The number of benzene rings is 1. The van der Waals surface area contributed by atoms with Gasteiger partial charge in [-0.3, -0.25) is 4.79 Å². The highest BCUT2D eigenvalue weighted by Crippen LogP contribution is 2.27. The molecular formula is C18H24ClNO4. The van der Waals surface area contributed by atoms with Crippen LogP contribution in [0, 0.1) is 5.92 Å². The van der Waals surface area contributed by atoms with E-state index in [0.29, 0.717) is 43.5 Å². The van der Waals surface area contributed by atoms with E-state index in [-0.39, 0.29) is 18.4 Å². The molecule has 2 fully saturated rings. The van der Waals surface area contributed by atoms with E-state index in [9.17, 15) is 9.90 Å². The van der Waals surface area contributed by atoms with E-state index in [4.69, 9.17) is 21.1 Å². The molecule has 6 heteroatoms. The van der Waals surface area contributed by atoms with Gasteiger partial charge in [0.1, 0.15) is 18.0 Å². The molecule has 2 saturated heterocycles. The normalized spacial score (nSPS) is 25.5. The third-order valence-corrected chi connectivity index (χ3v) is 4.98. The zero-order valence-electron chi connectivity index (χ0n) is 13.7. The lowest BCUT2D eigenvalue weighted by atomic mass is 9.91. The molecule has 0 aliphatic carbocycles. The summed E-state index contributed by atoms with van der Waals surface area (Å²) in [6.45, 7) is 2.48. The van der Waals surface area contributed by atoms with Gasteiger partial charge >= 0.3 is 0 Å². The Bertz CT molecular complexity index is 576. The highest BCUT2D eigenvalue weighted by atomic mass is 35.5. The Balaban J connectivity index is 1.57. The molecule has 2 aliphatic rings. The molecule has 1 aromatic carbocycles. The summed E-state index contributed by atoms with van der Waals surface area (Å²) in [5, 5.41) is 11.4. The SMILES string of the molecule is O=C(C1CCOCC1)N1CCCC(O)(COc2cccc(Cl)c2)C1. The van der Waals surface area contributed by atoms with Gasteiger partial charge in [0.15, 0.2) is 0 Å². The second-order valence-corrected chi connectivity index (χ2v) is 7.16. The van der Waals surface area contributed by atoms with Gasteiger partial charge in [-0.2, -0.15) is 0 Å². The summed E-state index contributed by atoms with van der Waals surface area (Å²) in [5.41, 5.74) is -1.01. The quantitative estimate of drug-likeness (QED) is 0.903. The molecule has 1 atom stereocenters. The van der Waals surface area contributed by atoms with Gasteiger partial charge in [-0.25, -0.2) is 0 Å². The Hall–Kier alpha value is -1.30. The van der Waals surface area contributed by atoms with E-state index < -0.39 is 5.60 Å². The fourth-order valence-corrected chi connectivity index (χ4v) is 3.58. The largest absolute Gasteiger partial charge is 0.490 e. The first-order valence-corrected chi connectivity index (χ1v) is 8.91. The number of piperidine rings is 1. The summed E-state index contributed by atoms with van der Waals surface area (Å²) in [7, 11) is 0. The molecule has 0 aromatic heterocycles. The highest BCUT2D eigenvalue weighted by Gasteiger charge is 2.38. The lowest BCUT2D eigenvalue weighted by molar-refractivity contribution is -0.147. The molecule has 1 aromatic rings. The molecule has 0 bridgehead atoms. The lowest BCUT2D eigenvalue weighted by Crippen LogP contribution is -2.54. The summed E-state index contributed by atoms with van der Waals surface area (Å²) in [4.78, 5) is 14.5. The predicted molar refractivity (Wildman–Crippen MR) is 91.3 cm³/mol. The number of ether oxygens (including phenoxy) is 2. The molecule has 0 spiro atoms. The molecule has 3 rings (SSSR count). The first-order valence-electron chi connectivity index (χ1n) is 8.53. The number of carbonyl (C=O) groups excluding carboxylic acids is 1. The van der Waals surface area contributed by atoms with Gasteiger partial charge in [-0.1, -0.05) is 17.7 Å². The Morgan fingerprint density at radius 2 is 2.21 bits per heavy atom. The summed E-state index contributed by atoms with van der Waals surface area (Å²) in [6, 6.07) is 7.11. The molecule has 1 unspecified atom stereocenters. The van der Waals surface area contributed by atoms with Crippen LogP contribution in [0.15, 0.2) is 24.3 Å². The van der Waals surface area contributed by atoms with E-state index in [2.05, 4.69) is 0 Å². The Morgan fingerprint density at radius 3 is 2.96 bits per heavy atom. The van der Waals surface area contributed by atoms with Crippen LogP contribution in [0.5, 0.6) is 5.75 Å². The lowest BCUT2D eigenvalue weighted by Gasteiger charge is -2.40. The molecule has 24 heavy (non-hydrogen) atoms. The number of β-amino-alcohol motifs (C(OH)–C–C–N with tert-alkyl or cyclic N) is 1. The molecule has 132 valence electrons. The van der Waals surface area contributed by atoms with E-state index in [1.54, 1.807) is 17.0 Å². The summed E-state index contributed by atoms with van der Waals surface area (Å²) >= 11 is 5.95. The second kappa shape index (κ2) is 7.72. The van der Waals surface area contributed by atoms with Gasteiger partial charge in [0.2, 0.25) is 5.91 Å². The van der Waals surface area contributed by atoms with Crippen molar-refractivity contribution in [2.75, 3.05) is 32.9 Å². The maximum absolute atomic E-state index is 12.7. The van der Waals surface area contributed by atoms with Crippen molar-refractivity contribution in [2.45, 2.75) is 31.3 Å². The standard InChI is InChI=1S/C18H24ClNO4/c19-15-3-1-4-16(11-15)24-13-18(22)7-2-8-20(12-18)17(21)14-5-9-23-10-6-14/h1,3-4,11,14,22H,2,5-10,12-13H2. The van der Waals surface area contributed by atoms with Crippen LogP contribution in [0.4, 0.5) is 0 Å². The van der Waals surface area contributed by atoms with Crippen LogP contribution in [0.25, 0.3) is 0 Å². The smallest absolute Gasteiger partial charge is 0.225 e. The molecule has 2 aliphatic heterocycles. The van der Waals surface area contributed by atoms with Gasteiger partial charge in [0.25, 0.3) is 0 Å². The second-order valence-electron chi connectivity index (χ2n) is 6.72. The zero-order valence-corrected chi connectivity index (χ0v) is 14.5. The van der Waals surface area contributed by atoms with Crippen molar-refractivity contribution in [3.8, 4) is 5.75 Å². The van der Waals surface area contributed by atoms with Crippen LogP contribution in [0.2, 0.25) is 5.02 Å². The van der Waals surface area contributed by atoms with Gasteiger partial charge < -0.3 is 19.5 Å². The fraction of sp³-hybridized carbons (Fsp3) is 0.611. The van der Waals surface area contributed by atoms with Crippen molar-refractivity contribution >= 4 is 17.5 Å². The number of nitrogens with zero attached hydrogens (tertiary/aromatic N) is 1. The van der Waals surface area contributed by atoms with E-state index in [0.717, 1.165) is 19.3 Å². The van der Waals surface area contributed by atoms with Crippen LogP contribution in [0.1, 0.15) is 25.7 Å².